The number of nitrogens with one attached hydrogen (secondary N) is 3. The van der Waals surface area contributed by atoms with Crippen molar-refractivity contribution in [2.75, 3.05) is 5.32 Å². The van der Waals surface area contributed by atoms with Gasteiger partial charge in [0.2, 0.25) is 9.70 Å². The number of unbranched alkanes of at least 4 members (excludes halogenated alkanes) is 2. The van der Waals surface area contributed by atoms with Crippen LogP contribution in [0.5, 0.6) is 0 Å². The van der Waals surface area contributed by atoms with E-state index in [0.29, 0.717) is 17.1 Å². The van der Waals surface area contributed by atoms with E-state index in [0.717, 1.165) is 19.3 Å². The molecule has 1 atom stereocenters. The van der Waals surface area contributed by atoms with Crippen LogP contribution in [0.4, 0.5) is 5.69 Å². The Morgan fingerprint density at radius 2 is 1.79 bits per heavy atom. The molecule has 3 N–H and O–H groups in total. The Morgan fingerprint density at radius 3 is 2.33 bits per heavy atom. The van der Waals surface area contributed by atoms with E-state index in [2.05, 4.69) is 22.9 Å². The van der Waals surface area contributed by atoms with E-state index in [1.54, 1.807) is 24.3 Å². The molecular formula is C15H19Cl4N3OS. The SMILES string of the molecule is CCCCCC(=O)NC(NC(=S)Nc1ccc(Cl)cc1)C(Cl)(Cl)Cl. The number of thiocarbonyl (C=S) groups is 1. The van der Waals surface area contributed by atoms with Gasteiger partial charge in [-0.1, -0.05) is 66.2 Å². The first-order chi connectivity index (χ1) is 11.2. The molecule has 1 aromatic carbocycles. The Kier molecular flexibility index (Phi) is 9.45. The zero-order valence-electron chi connectivity index (χ0n) is 13.0. The number of carbonyl (C=O) groups excluding carboxylic acids is 1. The largest absolute Gasteiger partial charge is 0.339 e. The summed E-state index contributed by atoms with van der Waals surface area (Å²) >= 11 is 28.8. The summed E-state index contributed by atoms with van der Waals surface area (Å²) in [6.07, 6.45) is 2.18. The summed E-state index contributed by atoms with van der Waals surface area (Å²) in [6.45, 7) is 2.06. The van der Waals surface area contributed by atoms with Gasteiger partial charge in [0.15, 0.2) is 5.11 Å². The van der Waals surface area contributed by atoms with Crippen molar-refractivity contribution in [1.82, 2.24) is 10.6 Å². The van der Waals surface area contributed by atoms with Gasteiger partial charge in [-0.3, -0.25) is 4.79 Å². The lowest BCUT2D eigenvalue weighted by atomic mass is 10.2. The summed E-state index contributed by atoms with van der Waals surface area (Å²) in [4.78, 5) is 11.9. The lowest BCUT2D eigenvalue weighted by Gasteiger charge is -2.27. The second-order valence-corrected chi connectivity index (χ2v) is 8.32. The van der Waals surface area contributed by atoms with Crippen molar-refractivity contribution >= 4 is 75.3 Å². The van der Waals surface area contributed by atoms with E-state index in [4.69, 9.17) is 58.6 Å². The van der Waals surface area contributed by atoms with E-state index in [1.807, 2.05) is 0 Å². The third kappa shape index (κ3) is 8.58. The van der Waals surface area contributed by atoms with Gasteiger partial charge in [0.05, 0.1) is 0 Å². The first-order valence-corrected chi connectivity index (χ1v) is 9.33. The molecule has 0 saturated heterocycles. The molecular weight excluding hydrogens is 412 g/mol. The van der Waals surface area contributed by atoms with Crippen molar-refractivity contribution < 1.29 is 4.79 Å². The van der Waals surface area contributed by atoms with Crippen LogP contribution in [0.3, 0.4) is 0 Å². The number of halogens is 4. The summed E-state index contributed by atoms with van der Waals surface area (Å²) in [5.74, 6) is -0.207. The van der Waals surface area contributed by atoms with Gasteiger partial charge in [-0.25, -0.2) is 0 Å². The minimum atomic E-state index is -1.76. The minimum absolute atomic E-state index is 0.207. The number of carbonyl (C=O) groups is 1. The molecule has 1 rings (SSSR count). The fourth-order valence-electron chi connectivity index (χ4n) is 1.80. The molecule has 0 bridgehead atoms. The smallest absolute Gasteiger partial charge is 0.228 e. The van der Waals surface area contributed by atoms with Gasteiger partial charge in [0.1, 0.15) is 6.17 Å². The molecule has 0 saturated carbocycles. The maximum absolute atomic E-state index is 11.9. The fourth-order valence-corrected chi connectivity index (χ4v) is 2.49. The van der Waals surface area contributed by atoms with Crippen molar-refractivity contribution in [3.63, 3.8) is 0 Å². The molecule has 0 aliphatic heterocycles. The predicted molar refractivity (Wildman–Crippen MR) is 107 cm³/mol. The van der Waals surface area contributed by atoms with Crippen molar-refractivity contribution in [1.29, 1.82) is 0 Å². The quantitative estimate of drug-likeness (QED) is 0.246. The molecule has 1 aromatic rings. The molecule has 0 heterocycles. The molecule has 0 spiro atoms. The maximum atomic E-state index is 11.9. The van der Waals surface area contributed by atoms with Gasteiger partial charge in [0, 0.05) is 17.1 Å². The fraction of sp³-hybridized carbons (Fsp3) is 0.467. The number of hydrogen-bond donors (Lipinski definition) is 3. The lowest BCUT2D eigenvalue weighted by Crippen LogP contribution is -2.56. The standard InChI is InChI=1S/C15H19Cl4N3OS/c1-2-3-4-5-12(23)21-13(15(17,18)19)22-14(24)20-11-8-6-10(16)7-9-11/h6-9,13H,2-5H2,1H3,(H,21,23)(H2,20,22,24). The van der Waals surface area contributed by atoms with Crippen molar-refractivity contribution in [2.24, 2.45) is 0 Å². The summed E-state index contributed by atoms with van der Waals surface area (Å²) in [7, 11) is 0. The Labute approximate surface area is 167 Å². The summed E-state index contributed by atoms with van der Waals surface area (Å²) in [6, 6.07) is 6.94. The normalized spacial score (nSPS) is 12.4. The van der Waals surface area contributed by atoms with Gasteiger partial charge < -0.3 is 16.0 Å². The van der Waals surface area contributed by atoms with Crippen LogP contribution in [0.15, 0.2) is 24.3 Å². The molecule has 0 radical (unpaired) electrons. The van der Waals surface area contributed by atoms with Gasteiger partial charge in [-0.2, -0.15) is 0 Å². The number of rotatable bonds is 7. The van der Waals surface area contributed by atoms with Crippen LogP contribution in [0, 0.1) is 0 Å². The van der Waals surface area contributed by atoms with Crippen molar-refractivity contribution in [3.05, 3.63) is 29.3 Å². The Morgan fingerprint density at radius 1 is 1.17 bits per heavy atom. The first-order valence-electron chi connectivity index (χ1n) is 7.41. The highest BCUT2D eigenvalue weighted by Gasteiger charge is 2.34. The molecule has 0 aromatic heterocycles. The van der Waals surface area contributed by atoms with Gasteiger partial charge in [-0.05, 0) is 42.9 Å². The van der Waals surface area contributed by atoms with Crippen LogP contribution >= 0.6 is 58.6 Å². The lowest BCUT2D eigenvalue weighted by molar-refractivity contribution is -0.122. The number of hydrogen-bond acceptors (Lipinski definition) is 2. The second kappa shape index (κ2) is 10.5. The number of anilines is 1. The second-order valence-electron chi connectivity index (χ2n) is 5.10. The molecule has 9 heteroatoms. The first kappa shape index (κ1) is 21.6. The van der Waals surface area contributed by atoms with Crippen LogP contribution in [-0.4, -0.2) is 21.0 Å². The molecule has 24 heavy (non-hydrogen) atoms. The highest BCUT2D eigenvalue weighted by Crippen LogP contribution is 2.29. The number of amides is 1. The van der Waals surface area contributed by atoms with E-state index < -0.39 is 9.96 Å². The Balaban J connectivity index is 2.60. The molecule has 1 unspecified atom stereocenters. The average Bonchev–Trinajstić information content (AvgIpc) is 2.48. The molecule has 4 nitrogen and oxygen atoms in total. The van der Waals surface area contributed by atoms with E-state index >= 15 is 0 Å². The molecule has 1 amide bonds. The highest BCUT2D eigenvalue weighted by atomic mass is 35.6. The van der Waals surface area contributed by atoms with Crippen LogP contribution in [-0.2, 0) is 4.79 Å². The predicted octanol–water partition coefficient (Wildman–Crippen LogP) is 5.02. The molecule has 134 valence electrons. The van der Waals surface area contributed by atoms with E-state index in [1.165, 1.54) is 0 Å². The summed E-state index contributed by atoms with van der Waals surface area (Å²) in [5.41, 5.74) is 0.717. The van der Waals surface area contributed by atoms with Crippen LogP contribution in [0.1, 0.15) is 32.6 Å². The molecule has 0 fully saturated rings. The van der Waals surface area contributed by atoms with Crippen LogP contribution < -0.4 is 16.0 Å². The topological polar surface area (TPSA) is 53.2 Å². The summed E-state index contributed by atoms with van der Waals surface area (Å²) in [5, 5.41) is 9.20. The average molecular weight is 431 g/mol. The number of alkyl halides is 3. The maximum Gasteiger partial charge on any atom is 0.228 e. The van der Waals surface area contributed by atoms with Gasteiger partial charge >= 0.3 is 0 Å². The molecule has 0 aliphatic rings. The zero-order chi connectivity index (χ0) is 18.2. The number of benzene rings is 1. The van der Waals surface area contributed by atoms with E-state index in [9.17, 15) is 4.79 Å². The Bertz CT molecular complexity index is 549. The minimum Gasteiger partial charge on any atom is -0.339 e. The van der Waals surface area contributed by atoms with Crippen molar-refractivity contribution in [2.45, 2.75) is 42.6 Å². The monoisotopic (exact) mass is 429 g/mol. The highest BCUT2D eigenvalue weighted by molar-refractivity contribution is 7.80. The third-order valence-corrected chi connectivity index (χ3v) is 4.14. The van der Waals surface area contributed by atoms with E-state index in [-0.39, 0.29) is 11.0 Å². The van der Waals surface area contributed by atoms with Gasteiger partial charge in [0.25, 0.3) is 0 Å². The van der Waals surface area contributed by atoms with Crippen molar-refractivity contribution in [3.8, 4) is 0 Å². The van der Waals surface area contributed by atoms with Gasteiger partial charge in [-0.15, -0.1) is 0 Å². The zero-order valence-corrected chi connectivity index (χ0v) is 16.9. The third-order valence-electron chi connectivity index (χ3n) is 3.02. The van der Waals surface area contributed by atoms with Crippen LogP contribution in [0.2, 0.25) is 5.02 Å². The van der Waals surface area contributed by atoms with Crippen LogP contribution in [0.25, 0.3) is 0 Å². The molecule has 0 aliphatic carbocycles. The summed E-state index contributed by atoms with van der Waals surface area (Å²) < 4.78 is -1.76. The Hall–Kier alpha value is -0.460.